The lowest BCUT2D eigenvalue weighted by atomic mass is 10.1. The van der Waals surface area contributed by atoms with Gasteiger partial charge < -0.3 is 16.6 Å². The zero-order chi connectivity index (χ0) is 7.98. The molecule has 0 aromatic carbocycles. The van der Waals surface area contributed by atoms with Crippen molar-refractivity contribution in [3.63, 3.8) is 0 Å². The first kappa shape index (κ1) is 9.62. The number of rotatable bonds is 4. The van der Waals surface area contributed by atoms with Gasteiger partial charge in [-0.2, -0.15) is 0 Å². The summed E-state index contributed by atoms with van der Waals surface area (Å²) < 4.78 is 0. The second-order valence-electron chi connectivity index (χ2n) is 2.30. The lowest BCUT2D eigenvalue weighted by Gasteiger charge is -2.09. The number of hydrogen-bond acceptors (Lipinski definition) is 3. The van der Waals surface area contributed by atoms with Crippen molar-refractivity contribution in [3.05, 3.63) is 11.6 Å². The first-order valence-electron chi connectivity index (χ1n) is 3.45. The molecule has 1 unspecified atom stereocenters. The van der Waals surface area contributed by atoms with Crippen LogP contribution in [0.1, 0.15) is 13.3 Å². The predicted octanol–water partition coefficient (Wildman–Crippen LogP) is -0.399. The molecule has 0 fully saturated rings. The molecule has 0 aliphatic rings. The van der Waals surface area contributed by atoms with E-state index in [9.17, 15) is 0 Å². The van der Waals surface area contributed by atoms with E-state index in [-0.39, 0.29) is 12.6 Å². The van der Waals surface area contributed by atoms with Crippen molar-refractivity contribution in [3.8, 4) is 0 Å². The van der Waals surface area contributed by atoms with Crippen molar-refractivity contribution in [1.82, 2.24) is 0 Å². The van der Waals surface area contributed by atoms with Crippen LogP contribution in [0.4, 0.5) is 0 Å². The van der Waals surface area contributed by atoms with E-state index in [1.807, 2.05) is 13.0 Å². The molecule has 0 saturated carbocycles. The lowest BCUT2D eigenvalue weighted by Crippen LogP contribution is -2.23. The van der Waals surface area contributed by atoms with Gasteiger partial charge in [-0.1, -0.05) is 11.6 Å². The quantitative estimate of drug-likeness (QED) is 0.470. The summed E-state index contributed by atoms with van der Waals surface area (Å²) in [5, 5.41) is 8.52. The highest BCUT2D eigenvalue weighted by atomic mass is 16.3. The molecule has 0 spiro atoms. The summed E-state index contributed by atoms with van der Waals surface area (Å²) in [7, 11) is 0. The standard InChI is InChI=1S/C7H16N2O/c1-6(2-4-8)7(9)3-5-10/h2,7,10H,3-5,8-9H2,1H3. The van der Waals surface area contributed by atoms with Crippen molar-refractivity contribution in [2.75, 3.05) is 13.2 Å². The number of aliphatic hydroxyl groups is 1. The van der Waals surface area contributed by atoms with Crippen molar-refractivity contribution in [2.24, 2.45) is 11.5 Å². The Balaban J connectivity index is 3.69. The molecule has 10 heavy (non-hydrogen) atoms. The molecular formula is C7H16N2O. The van der Waals surface area contributed by atoms with Gasteiger partial charge in [0.25, 0.3) is 0 Å². The molecule has 0 rings (SSSR count). The first-order chi connectivity index (χ1) is 4.72. The maximum absolute atomic E-state index is 8.52. The van der Waals surface area contributed by atoms with Crippen molar-refractivity contribution in [2.45, 2.75) is 19.4 Å². The Morgan fingerprint density at radius 2 is 2.30 bits per heavy atom. The largest absolute Gasteiger partial charge is 0.396 e. The minimum atomic E-state index is -0.0338. The van der Waals surface area contributed by atoms with Gasteiger partial charge in [-0.15, -0.1) is 0 Å². The molecule has 0 radical (unpaired) electrons. The Hall–Kier alpha value is -0.380. The van der Waals surface area contributed by atoms with E-state index < -0.39 is 0 Å². The molecule has 0 bridgehead atoms. The van der Waals surface area contributed by atoms with Gasteiger partial charge in [0.15, 0.2) is 0 Å². The summed E-state index contributed by atoms with van der Waals surface area (Å²) in [5.41, 5.74) is 12.0. The number of hydrogen-bond donors (Lipinski definition) is 3. The lowest BCUT2D eigenvalue weighted by molar-refractivity contribution is 0.281. The molecule has 0 aliphatic heterocycles. The van der Waals surface area contributed by atoms with Gasteiger partial charge in [-0.25, -0.2) is 0 Å². The Labute approximate surface area is 61.7 Å². The SMILES string of the molecule is CC(=CCN)C(N)CCO. The fourth-order valence-electron chi connectivity index (χ4n) is 0.704. The van der Waals surface area contributed by atoms with Gasteiger partial charge in [0.1, 0.15) is 0 Å². The van der Waals surface area contributed by atoms with E-state index >= 15 is 0 Å². The molecule has 1 atom stereocenters. The van der Waals surface area contributed by atoms with Crippen LogP contribution in [0.25, 0.3) is 0 Å². The van der Waals surface area contributed by atoms with E-state index in [1.54, 1.807) is 0 Å². The third-order valence-corrected chi connectivity index (χ3v) is 1.46. The highest BCUT2D eigenvalue weighted by Crippen LogP contribution is 2.00. The summed E-state index contributed by atoms with van der Waals surface area (Å²) in [4.78, 5) is 0. The molecule has 0 aliphatic carbocycles. The summed E-state index contributed by atoms with van der Waals surface area (Å²) in [5.74, 6) is 0. The van der Waals surface area contributed by atoms with Crippen molar-refractivity contribution < 1.29 is 5.11 Å². The van der Waals surface area contributed by atoms with Gasteiger partial charge in [-0.05, 0) is 13.3 Å². The molecule has 0 amide bonds. The third-order valence-electron chi connectivity index (χ3n) is 1.46. The second kappa shape index (κ2) is 5.41. The molecular weight excluding hydrogens is 128 g/mol. The van der Waals surface area contributed by atoms with Crippen molar-refractivity contribution in [1.29, 1.82) is 0 Å². The van der Waals surface area contributed by atoms with Crippen LogP contribution in [-0.4, -0.2) is 24.3 Å². The fourth-order valence-corrected chi connectivity index (χ4v) is 0.704. The van der Waals surface area contributed by atoms with Gasteiger partial charge in [0.2, 0.25) is 0 Å². The third kappa shape index (κ3) is 3.61. The summed E-state index contributed by atoms with van der Waals surface area (Å²) in [6, 6.07) is -0.0338. The Morgan fingerprint density at radius 3 is 2.70 bits per heavy atom. The second-order valence-corrected chi connectivity index (χ2v) is 2.30. The van der Waals surface area contributed by atoms with Gasteiger partial charge in [-0.3, -0.25) is 0 Å². The van der Waals surface area contributed by atoms with E-state index in [2.05, 4.69) is 0 Å². The normalized spacial score (nSPS) is 15.4. The first-order valence-corrected chi connectivity index (χ1v) is 3.45. The van der Waals surface area contributed by atoms with Crippen LogP contribution >= 0.6 is 0 Å². The van der Waals surface area contributed by atoms with E-state index in [0.717, 1.165) is 5.57 Å². The summed E-state index contributed by atoms with van der Waals surface area (Å²) >= 11 is 0. The summed E-state index contributed by atoms with van der Waals surface area (Å²) in [6.45, 7) is 2.58. The molecule has 0 heterocycles. The van der Waals surface area contributed by atoms with Crippen LogP contribution in [0, 0.1) is 0 Å². The molecule has 3 nitrogen and oxygen atoms in total. The van der Waals surface area contributed by atoms with Crippen LogP contribution in [0.5, 0.6) is 0 Å². The Morgan fingerprint density at radius 1 is 1.70 bits per heavy atom. The summed E-state index contributed by atoms with van der Waals surface area (Å²) in [6.07, 6.45) is 2.49. The molecule has 60 valence electrons. The zero-order valence-corrected chi connectivity index (χ0v) is 6.38. The minimum Gasteiger partial charge on any atom is -0.396 e. The highest BCUT2D eigenvalue weighted by Gasteiger charge is 2.01. The average Bonchev–Trinajstić information content (AvgIpc) is 1.89. The fraction of sp³-hybridized carbons (Fsp3) is 0.714. The number of nitrogens with two attached hydrogens (primary N) is 2. The molecule has 0 aromatic heterocycles. The average molecular weight is 144 g/mol. The van der Waals surface area contributed by atoms with E-state index in [4.69, 9.17) is 16.6 Å². The topological polar surface area (TPSA) is 72.3 Å². The highest BCUT2D eigenvalue weighted by molar-refractivity contribution is 5.06. The van der Waals surface area contributed by atoms with Gasteiger partial charge >= 0.3 is 0 Å². The van der Waals surface area contributed by atoms with Gasteiger partial charge in [0, 0.05) is 19.2 Å². The van der Waals surface area contributed by atoms with Crippen LogP contribution in [0.15, 0.2) is 11.6 Å². The maximum Gasteiger partial charge on any atom is 0.0448 e. The predicted molar refractivity (Wildman–Crippen MR) is 42.5 cm³/mol. The molecule has 0 aromatic rings. The monoisotopic (exact) mass is 144 g/mol. The van der Waals surface area contributed by atoms with Crippen LogP contribution in [0.3, 0.4) is 0 Å². The van der Waals surface area contributed by atoms with Crippen molar-refractivity contribution >= 4 is 0 Å². The Bertz CT molecular complexity index is 112. The zero-order valence-electron chi connectivity index (χ0n) is 6.38. The molecule has 3 heteroatoms. The minimum absolute atomic E-state index is 0.0338. The van der Waals surface area contributed by atoms with Crippen LogP contribution in [-0.2, 0) is 0 Å². The van der Waals surface area contributed by atoms with E-state index in [1.165, 1.54) is 0 Å². The number of aliphatic hydroxyl groups excluding tert-OH is 1. The smallest absolute Gasteiger partial charge is 0.0448 e. The molecule has 5 N–H and O–H groups in total. The van der Waals surface area contributed by atoms with Crippen LogP contribution < -0.4 is 11.5 Å². The Kier molecular flexibility index (Phi) is 5.20. The van der Waals surface area contributed by atoms with E-state index in [0.29, 0.717) is 13.0 Å². The molecule has 0 saturated heterocycles. The van der Waals surface area contributed by atoms with Gasteiger partial charge in [0.05, 0.1) is 0 Å². The maximum atomic E-state index is 8.52. The van der Waals surface area contributed by atoms with Crippen LogP contribution in [0.2, 0.25) is 0 Å².